The summed E-state index contributed by atoms with van der Waals surface area (Å²) in [6.45, 7) is 1.60. The van der Waals surface area contributed by atoms with Crippen LogP contribution in [-0.4, -0.2) is 90.4 Å². The lowest BCUT2D eigenvalue weighted by Gasteiger charge is -2.51. The molecule has 5 aliphatic rings. The molecule has 9 nitrogen and oxygen atoms in total. The van der Waals surface area contributed by atoms with Gasteiger partial charge < -0.3 is 43.0 Å². The summed E-state index contributed by atoms with van der Waals surface area (Å²) in [5.41, 5.74) is 2.75. The van der Waals surface area contributed by atoms with E-state index in [2.05, 4.69) is 158 Å². The van der Waals surface area contributed by atoms with Crippen LogP contribution in [0, 0.1) is 0 Å². The first-order valence-corrected chi connectivity index (χ1v) is 26.5. The van der Waals surface area contributed by atoms with E-state index in [1.54, 1.807) is 6.08 Å². The fourth-order valence-electron chi connectivity index (χ4n) is 10.7. The smallest absolute Gasteiger partial charge is 0.138 e. The molecular weight excluding hydrogens is 933 g/mol. The molecule has 0 unspecified atom stereocenters. The molecular formula is C63H60O9S. The highest BCUT2D eigenvalue weighted by Gasteiger charge is 2.54. The average Bonchev–Trinajstić information content (AvgIpc) is 3.80. The number of thioether (sulfide) groups is 1. The highest BCUT2D eigenvalue weighted by molar-refractivity contribution is 7.99. The molecule has 0 bridgehead atoms. The topological polar surface area (TPSA) is 94.1 Å². The lowest BCUT2D eigenvalue weighted by atomic mass is 9.87. The Labute approximate surface area is 431 Å². The highest BCUT2D eigenvalue weighted by Crippen LogP contribution is 2.41. The van der Waals surface area contributed by atoms with Gasteiger partial charge in [0, 0.05) is 11.3 Å². The minimum atomic E-state index is -0.804. The normalized spacial score (nSPS) is 29.2. The Morgan fingerprint density at radius 3 is 1.82 bits per heavy atom. The van der Waals surface area contributed by atoms with Crippen LogP contribution in [-0.2, 0) is 57.7 Å². The van der Waals surface area contributed by atoms with Crippen molar-refractivity contribution in [1.82, 2.24) is 0 Å². The van der Waals surface area contributed by atoms with E-state index in [0.29, 0.717) is 39.3 Å². The van der Waals surface area contributed by atoms with Crippen molar-refractivity contribution in [2.45, 2.75) is 116 Å². The van der Waals surface area contributed by atoms with Crippen molar-refractivity contribution in [2.24, 2.45) is 0 Å². The molecule has 10 heteroatoms. The number of benzene rings is 7. The third kappa shape index (κ3) is 11.4. The highest BCUT2D eigenvalue weighted by atomic mass is 32.2. The van der Waals surface area contributed by atoms with Crippen LogP contribution in [0.15, 0.2) is 211 Å². The van der Waals surface area contributed by atoms with Crippen LogP contribution in [0.1, 0.15) is 29.5 Å². The van der Waals surface area contributed by atoms with Crippen molar-refractivity contribution < 1.29 is 43.0 Å². The van der Waals surface area contributed by atoms with Gasteiger partial charge in [0.25, 0.3) is 0 Å². The Morgan fingerprint density at radius 2 is 1.12 bits per heavy atom. The van der Waals surface area contributed by atoms with Crippen LogP contribution in [0.5, 0.6) is 0 Å². The zero-order chi connectivity index (χ0) is 48.9. The van der Waals surface area contributed by atoms with E-state index < -0.39 is 54.3 Å². The van der Waals surface area contributed by atoms with Crippen molar-refractivity contribution in [1.29, 1.82) is 0 Å². The van der Waals surface area contributed by atoms with Crippen molar-refractivity contribution in [3.63, 3.8) is 0 Å². The van der Waals surface area contributed by atoms with Gasteiger partial charge in [-0.05, 0) is 85.8 Å². The van der Waals surface area contributed by atoms with E-state index in [-0.39, 0.29) is 24.4 Å². The summed E-state index contributed by atoms with van der Waals surface area (Å²) in [4.78, 5) is 1.02. The molecule has 1 N–H and O–H groups in total. The summed E-state index contributed by atoms with van der Waals surface area (Å²) in [7, 11) is 0. The number of hydrogen-bond acceptors (Lipinski definition) is 10. The maximum absolute atomic E-state index is 11.1. The van der Waals surface area contributed by atoms with Gasteiger partial charge in [0.1, 0.15) is 48.2 Å². The third-order valence-corrected chi connectivity index (χ3v) is 15.7. The minimum Gasteiger partial charge on any atom is -0.385 e. The zero-order valence-corrected chi connectivity index (χ0v) is 41.3. The Bertz CT molecular complexity index is 3120. The molecule has 0 aliphatic carbocycles. The number of ether oxygens (including phenoxy) is 8. The first-order chi connectivity index (χ1) is 36.0. The standard InChI is InChI=1S/C63H60O9S/c64-53-29-30-54-55(72-63(53)73-52-18-2-1-3-19-52)31-32-56-58(69-54)36-59-61(71-56)62(67-39-43-23-26-46-13-6-9-16-49(46)35-43)60-57(70-59)20-10-17-50(68-60)27-28-51(66-38-42-22-25-45-12-5-8-15-48(45)34-42)40-65-37-41-21-24-44-11-4-7-14-47(44)33-41/h1-19,21-35,50-51,53-64H,20,36-40H2/b28-27+/t50-,51+,53+,54-,55+,56-,57+,58+,59-,60+,61-,62-,63-/m1/s1. The van der Waals surface area contributed by atoms with E-state index in [0.717, 1.165) is 27.0 Å². The lowest BCUT2D eigenvalue weighted by molar-refractivity contribution is -0.297. The van der Waals surface area contributed by atoms with Gasteiger partial charge in [0.05, 0.1) is 56.9 Å². The minimum absolute atomic E-state index is 0.302. The van der Waals surface area contributed by atoms with Crippen LogP contribution in [0.2, 0.25) is 0 Å². The van der Waals surface area contributed by atoms with Crippen molar-refractivity contribution >= 4 is 44.1 Å². The van der Waals surface area contributed by atoms with Crippen LogP contribution in [0.3, 0.4) is 0 Å². The maximum atomic E-state index is 11.1. The Balaban J connectivity index is 0.784. The summed E-state index contributed by atoms with van der Waals surface area (Å²) in [5, 5.41) is 18.2. The Kier molecular flexibility index (Phi) is 14.8. The van der Waals surface area contributed by atoms with E-state index in [4.69, 9.17) is 37.9 Å². The average molecular weight is 993 g/mol. The number of aliphatic hydroxyl groups excluding tert-OH is 1. The van der Waals surface area contributed by atoms with Crippen LogP contribution in [0.25, 0.3) is 32.3 Å². The summed E-state index contributed by atoms with van der Waals surface area (Å²) in [6.07, 6.45) is 12.3. The second-order valence-corrected chi connectivity index (χ2v) is 20.8. The largest absolute Gasteiger partial charge is 0.385 e. The Hall–Kier alpha value is -5.73. The maximum Gasteiger partial charge on any atom is 0.138 e. The molecule has 0 spiro atoms. The first-order valence-electron chi connectivity index (χ1n) is 25.6. The lowest BCUT2D eigenvalue weighted by Crippen LogP contribution is -2.64. The molecule has 0 radical (unpaired) electrons. The third-order valence-electron chi connectivity index (χ3n) is 14.5. The molecule has 2 saturated heterocycles. The Morgan fingerprint density at radius 1 is 0.534 bits per heavy atom. The van der Waals surface area contributed by atoms with Crippen molar-refractivity contribution in [3.8, 4) is 0 Å². The quantitative estimate of drug-likeness (QED) is 0.106. The second kappa shape index (κ2) is 22.4. The molecule has 0 amide bonds. The molecule has 372 valence electrons. The monoisotopic (exact) mass is 992 g/mol. The van der Waals surface area contributed by atoms with Gasteiger partial charge in [-0.3, -0.25) is 0 Å². The van der Waals surface area contributed by atoms with Gasteiger partial charge >= 0.3 is 0 Å². The van der Waals surface area contributed by atoms with Gasteiger partial charge in [0.15, 0.2) is 0 Å². The van der Waals surface area contributed by atoms with E-state index >= 15 is 0 Å². The van der Waals surface area contributed by atoms with Crippen LogP contribution >= 0.6 is 11.8 Å². The van der Waals surface area contributed by atoms with Gasteiger partial charge in [-0.1, -0.05) is 188 Å². The molecule has 7 aromatic carbocycles. The van der Waals surface area contributed by atoms with Gasteiger partial charge in [0.2, 0.25) is 0 Å². The summed E-state index contributed by atoms with van der Waals surface area (Å²) >= 11 is 1.50. The number of rotatable bonds is 14. The molecule has 12 rings (SSSR count). The SMILES string of the molecule is O[C@H]1C=C[C@H]2O[C@H]3C[C@H]4O[C@H]5CC=C[C@H](/C=C/[C@@H](COCc6ccc7ccccc7c6)OCc6ccc7ccccc7c6)O[C@@H]5[C@@H](OCc5ccc6ccccc6c5)[C@@H]4O[C@@H]3C=C[C@@H]2O[C@@H]1Sc1ccccc1. The molecule has 73 heavy (non-hydrogen) atoms. The molecule has 0 aromatic heterocycles. The number of hydrogen-bond donors (Lipinski definition) is 1. The van der Waals surface area contributed by atoms with Gasteiger partial charge in [-0.25, -0.2) is 0 Å². The number of aliphatic hydroxyl groups is 1. The molecule has 7 aromatic rings. The molecule has 5 heterocycles. The van der Waals surface area contributed by atoms with E-state index in [1.165, 1.54) is 38.7 Å². The van der Waals surface area contributed by atoms with Gasteiger partial charge in [-0.15, -0.1) is 0 Å². The van der Waals surface area contributed by atoms with Crippen LogP contribution < -0.4 is 0 Å². The summed E-state index contributed by atoms with van der Waals surface area (Å²) in [6, 6.07) is 54.6. The zero-order valence-electron chi connectivity index (χ0n) is 40.5. The van der Waals surface area contributed by atoms with E-state index in [1.807, 2.05) is 42.5 Å². The number of fused-ring (bicyclic) bond motifs is 7. The summed E-state index contributed by atoms with van der Waals surface area (Å²) < 4.78 is 54.9. The van der Waals surface area contributed by atoms with Crippen molar-refractivity contribution in [2.75, 3.05) is 6.61 Å². The predicted octanol–water partition coefficient (Wildman–Crippen LogP) is 11.8. The molecule has 2 fully saturated rings. The fourth-order valence-corrected chi connectivity index (χ4v) is 11.7. The van der Waals surface area contributed by atoms with Crippen LogP contribution in [0.4, 0.5) is 0 Å². The second-order valence-electron chi connectivity index (χ2n) is 19.6. The molecule has 13 atom stereocenters. The van der Waals surface area contributed by atoms with Crippen molar-refractivity contribution in [3.05, 3.63) is 223 Å². The first kappa shape index (κ1) is 48.2. The summed E-state index contributed by atoms with van der Waals surface area (Å²) in [5.74, 6) is 0. The van der Waals surface area contributed by atoms with E-state index in [9.17, 15) is 5.11 Å². The molecule has 5 aliphatic heterocycles. The fraction of sp³-hybridized carbons (Fsp3) is 0.302. The predicted molar refractivity (Wildman–Crippen MR) is 286 cm³/mol. The molecule has 0 saturated carbocycles. The van der Waals surface area contributed by atoms with Gasteiger partial charge in [-0.2, -0.15) is 0 Å².